The lowest BCUT2D eigenvalue weighted by molar-refractivity contribution is 0.0225. The molecule has 0 fully saturated rings. The second kappa shape index (κ2) is 3.98. The van der Waals surface area contributed by atoms with Crippen LogP contribution in [0, 0.1) is 0 Å². The monoisotopic (exact) mass is 201 g/mol. The number of amides is 1. The Morgan fingerprint density at radius 3 is 2.79 bits per heavy atom. The Morgan fingerprint density at radius 2 is 2.29 bits per heavy atom. The zero-order valence-corrected chi connectivity index (χ0v) is 8.79. The molecule has 1 aliphatic rings. The summed E-state index contributed by atoms with van der Waals surface area (Å²) in [5.74, 6) is 0. The average Bonchev–Trinajstić information content (AvgIpc) is 2.47. The second-order valence-corrected chi connectivity index (χ2v) is 4.28. The Balaban J connectivity index is 2.54. The predicted octanol–water partition coefficient (Wildman–Crippen LogP) is 2.13. The minimum Gasteiger partial charge on any atom is -0.444 e. The van der Waals surface area contributed by atoms with E-state index < -0.39 is 24.4 Å². The molecule has 1 atom stereocenters. The van der Waals surface area contributed by atoms with Crippen LogP contribution in [0.2, 0.25) is 0 Å². The molecule has 3 nitrogen and oxygen atoms in total. The largest absolute Gasteiger partial charge is 0.444 e. The number of carbonyl (C=O) groups excluding carboxylic acids is 1. The van der Waals surface area contributed by atoms with Gasteiger partial charge >= 0.3 is 6.09 Å². The number of rotatable bonds is 1. The number of hydrogen-bond acceptors (Lipinski definition) is 2. The van der Waals surface area contributed by atoms with Crippen molar-refractivity contribution < 1.29 is 13.9 Å². The van der Waals surface area contributed by atoms with Crippen LogP contribution < -0.4 is 0 Å². The van der Waals surface area contributed by atoms with Gasteiger partial charge in [-0.3, -0.25) is 4.90 Å². The molecule has 1 rings (SSSR count). The molecule has 0 aromatic carbocycles. The fourth-order valence-electron chi connectivity index (χ4n) is 1.24. The molecule has 1 amide bonds. The summed E-state index contributed by atoms with van der Waals surface area (Å²) in [6, 6.07) is -0.454. The molecule has 1 aliphatic heterocycles. The smallest absolute Gasteiger partial charge is 0.411 e. The first-order chi connectivity index (χ1) is 6.44. The molecule has 0 N–H and O–H groups in total. The first-order valence-corrected chi connectivity index (χ1v) is 4.66. The van der Waals surface area contributed by atoms with Crippen LogP contribution in [0.1, 0.15) is 20.8 Å². The molecule has 14 heavy (non-hydrogen) atoms. The topological polar surface area (TPSA) is 29.5 Å². The minimum atomic E-state index is -0.560. The Morgan fingerprint density at radius 1 is 1.64 bits per heavy atom. The number of hydrogen-bond donors (Lipinski definition) is 0. The van der Waals surface area contributed by atoms with E-state index in [2.05, 4.69) is 0 Å². The van der Waals surface area contributed by atoms with E-state index in [1.54, 1.807) is 32.9 Å². The molecule has 0 saturated heterocycles. The molecule has 4 heteroatoms. The quantitative estimate of drug-likeness (QED) is 0.608. The van der Waals surface area contributed by atoms with Crippen molar-refractivity contribution >= 4 is 6.09 Å². The Bertz CT molecular complexity index is 245. The first kappa shape index (κ1) is 11.0. The summed E-state index contributed by atoms with van der Waals surface area (Å²) in [7, 11) is 0. The van der Waals surface area contributed by atoms with E-state index in [-0.39, 0.29) is 0 Å². The van der Waals surface area contributed by atoms with E-state index in [0.717, 1.165) is 0 Å². The molecule has 80 valence electrons. The van der Waals surface area contributed by atoms with Crippen LogP contribution in [0.15, 0.2) is 12.2 Å². The Hall–Kier alpha value is -1.06. The molecular formula is C10H16FNO2. The maximum Gasteiger partial charge on any atom is 0.411 e. The molecule has 0 saturated carbocycles. The van der Waals surface area contributed by atoms with Crippen LogP contribution in [-0.4, -0.2) is 35.9 Å². The number of carbonyl (C=O) groups is 1. The van der Waals surface area contributed by atoms with Gasteiger partial charge in [0.05, 0.1) is 6.04 Å². The average molecular weight is 201 g/mol. The number of alkyl halides is 1. The normalized spacial score (nSPS) is 21.4. The van der Waals surface area contributed by atoms with Crippen LogP contribution in [0.3, 0.4) is 0 Å². The number of ether oxygens (including phenoxy) is 1. The number of halogens is 1. The lowest BCUT2D eigenvalue weighted by Crippen LogP contribution is -2.41. The van der Waals surface area contributed by atoms with Crippen LogP contribution in [0.5, 0.6) is 0 Å². The summed E-state index contributed by atoms with van der Waals surface area (Å²) >= 11 is 0. The van der Waals surface area contributed by atoms with Gasteiger partial charge in [-0.1, -0.05) is 12.2 Å². The highest BCUT2D eigenvalue weighted by atomic mass is 19.1. The van der Waals surface area contributed by atoms with Gasteiger partial charge in [0.1, 0.15) is 12.3 Å². The van der Waals surface area contributed by atoms with E-state index in [1.807, 2.05) is 0 Å². The fourth-order valence-corrected chi connectivity index (χ4v) is 1.24. The van der Waals surface area contributed by atoms with E-state index in [9.17, 15) is 9.18 Å². The third-order valence-corrected chi connectivity index (χ3v) is 1.85. The predicted molar refractivity (Wildman–Crippen MR) is 51.8 cm³/mol. The van der Waals surface area contributed by atoms with E-state index >= 15 is 0 Å². The van der Waals surface area contributed by atoms with Gasteiger partial charge in [-0.05, 0) is 20.8 Å². The van der Waals surface area contributed by atoms with Crippen LogP contribution in [-0.2, 0) is 4.74 Å². The first-order valence-electron chi connectivity index (χ1n) is 4.66. The van der Waals surface area contributed by atoms with Gasteiger partial charge in [0, 0.05) is 6.54 Å². The van der Waals surface area contributed by atoms with E-state index in [0.29, 0.717) is 6.54 Å². The van der Waals surface area contributed by atoms with Crippen molar-refractivity contribution in [2.45, 2.75) is 32.4 Å². The van der Waals surface area contributed by atoms with Gasteiger partial charge in [0.15, 0.2) is 0 Å². The Kier molecular flexibility index (Phi) is 3.13. The summed E-state index contributed by atoms with van der Waals surface area (Å²) < 4.78 is 17.6. The third kappa shape index (κ3) is 2.72. The Labute approximate surface area is 83.5 Å². The molecule has 0 aromatic rings. The van der Waals surface area contributed by atoms with Crippen molar-refractivity contribution in [3.8, 4) is 0 Å². The maximum atomic E-state index is 12.4. The standard InChI is InChI=1S/C10H16FNO2/c1-10(2,3)14-9(13)12-6-4-5-8(12)7-11/h4-5,8H,6-7H2,1-3H3. The molecule has 1 unspecified atom stereocenters. The highest BCUT2D eigenvalue weighted by Gasteiger charge is 2.28. The molecule has 0 aromatic heterocycles. The SMILES string of the molecule is CC(C)(C)OC(=O)N1CC=CC1CF. The van der Waals surface area contributed by atoms with Crippen molar-refractivity contribution in [2.75, 3.05) is 13.2 Å². The van der Waals surface area contributed by atoms with Gasteiger partial charge in [0.25, 0.3) is 0 Å². The lowest BCUT2D eigenvalue weighted by atomic mass is 10.2. The summed E-state index contributed by atoms with van der Waals surface area (Å²) in [4.78, 5) is 12.9. The second-order valence-electron chi connectivity index (χ2n) is 4.28. The molecule has 0 radical (unpaired) electrons. The summed E-state index contributed by atoms with van der Waals surface area (Å²) in [5.41, 5.74) is -0.527. The minimum absolute atomic E-state index is 0.434. The van der Waals surface area contributed by atoms with E-state index in [4.69, 9.17) is 4.74 Å². The van der Waals surface area contributed by atoms with Crippen LogP contribution >= 0.6 is 0 Å². The van der Waals surface area contributed by atoms with Crippen LogP contribution in [0.25, 0.3) is 0 Å². The van der Waals surface area contributed by atoms with Crippen molar-refractivity contribution in [3.63, 3.8) is 0 Å². The summed E-state index contributed by atoms with van der Waals surface area (Å²) in [6.45, 7) is 5.25. The summed E-state index contributed by atoms with van der Waals surface area (Å²) in [5, 5.41) is 0. The highest BCUT2D eigenvalue weighted by molar-refractivity contribution is 5.69. The zero-order chi connectivity index (χ0) is 10.8. The van der Waals surface area contributed by atoms with Crippen LogP contribution in [0.4, 0.5) is 9.18 Å². The van der Waals surface area contributed by atoms with Gasteiger partial charge in [-0.2, -0.15) is 0 Å². The maximum absolute atomic E-state index is 12.4. The molecular weight excluding hydrogens is 185 g/mol. The van der Waals surface area contributed by atoms with Crippen molar-refractivity contribution in [1.29, 1.82) is 0 Å². The van der Waals surface area contributed by atoms with Gasteiger partial charge < -0.3 is 4.74 Å². The van der Waals surface area contributed by atoms with E-state index in [1.165, 1.54) is 4.90 Å². The van der Waals surface area contributed by atoms with Gasteiger partial charge in [-0.15, -0.1) is 0 Å². The lowest BCUT2D eigenvalue weighted by Gasteiger charge is -2.27. The number of nitrogens with zero attached hydrogens (tertiary/aromatic N) is 1. The zero-order valence-electron chi connectivity index (χ0n) is 8.79. The summed E-state index contributed by atoms with van der Waals surface area (Å²) in [6.07, 6.45) is 3.00. The van der Waals surface area contributed by atoms with Gasteiger partial charge in [-0.25, -0.2) is 9.18 Å². The third-order valence-electron chi connectivity index (χ3n) is 1.85. The molecule has 0 aliphatic carbocycles. The highest BCUT2D eigenvalue weighted by Crippen LogP contribution is 2.16. The molecule has 0 bridgehead atoms. The molecule has 0 spiro atoms. The van der Waals surface area contributed by atoms with Crippen molar-refractivity contribution in [1.82, 2.24) is 4.90 Å². The molecule has 1 heterocycles. The van der Waals surface area contributed by atoms with Crippen molar-refractivity contribution in [3.05, 3.63) is 12.2 Å². The fraction of sp³-hybridized carbons (Fsp3) is 0.700. The van der Waals surface area contributed by atoms with Crippen molar-refractivity contribution in [2.24, 2.45) is 0 Å². The van der Waals surface area contributed by atoms with Gasteiger partial charge in [0.2, 0.25) is 0 Å².